The van der Waals surface area contributed by atoms with Crippen LogP contribution in [0, 0.1) is 0 Å². The van der Waals surface area contributed by atoms with Gasteiger partial charge >= 0.3 is 5.97 Å². The molecule has 0 spiro atoms. The van der Waals surface area contributed by atoms with Crippen LogP contribution >= 0.6 is 0 Å². The highest BCUT2D eigenvalue weighted by molar-refractivity contribution is 6.03. The quantitative estimate of drug-likeness (QED) is 0.797. The van der Waals surface area contributed by atoms with Gasteiger partial charge in [-0.2, -0.15) is 0 Å². The second-order valence-electron chi connectivity index (χ2n) is 7.38. The van der Waals surface area contributed by atoms with Crippen LogP contribution in [0.25, 0.3) is 0 Å². The van der Waals surface area contributed by atoms with E-state index in [-0.39, 0.29) is 11.4 Å². The molecule has 1 aliphatic heterocycles. The molecule has 2 aliphatic rings. The van der Waals surface area contributed by atoms with Gasteiger partial charge in [0, 0.05) is 29.0 Å². The third-order valence-corrected chi connectivity index (χ3v) is 5.47. The van der Waals surface area contributed by atoms with E-state index >= 15 is 0 Å². The van der Waals surface area contributed by atoms with Crippen molar-refractivity contribution in [2.45, 2.75) is 38.7 Å². The maximum atomic E-state index is 12.8. The number of Topliss-reactive ketones (excluding diaryl/α,β-unsaturated/α-hetero) is 1. The lowest BCUT2D eigenvalue weighted by molar-refractivity contribution is -0.133. The fourth-order valence-electron chi connectivity index (χ4n) is 4.16. The number of para-hydroxylation sites is 1. The molecule has 5 nitrogen and oxygen atoms in total. The van der Waals surface area contributed by atoms with E-state index in [9.17, 15) is 14.7 Å². The first-order valence-corrected chi connectivity index (χ1v) is 9.79. The number of rotatable bonds is 5. The first-order chi connectivity index (χ1) is 14.1. The third kappa shape index (κ3) is 3.68. The van der Waals surface area contributed by atoms with E-state index in [0.29, 0.717) is 35.6 Å². The van der Waals surface area contributed by atoms with Gasteiger partial charge in [-0.1, -0.05) is 48.5 Å². The Hall–Kier alpha value is -3.34. The number of ketones is 1. The molecule has 148 valence electrons. The summed E-state index contributed by atoms with van der Waals surface area (Å²) in [5, 5.41) is 13.1. The zero-order valence-electron chi connectivity index (χ0n) is 16.3. The number of carbonyl (C=O) groups is 2. The number of ether oxygens (including phenoxy) is 1. The molecule has 0 saturated heterocycles. The van der Waals surface area contributed by atoms with Crippen LogP contribution in [0.15, 0.2) is 77.1 Å². The zero-order valence-corrected chi connectivity index (χ0v) is 16.3. The van der Waals surface area contributed by atoms with Crippen molar-refractivity contribution in [2.75, 3.05) is 0 Å². The SMILES string of the molecule is CC1=C(C(=O)O)C(c2ccccc2OCc2ccccc2)C2=C(CCCC2=O)N1. The molecule has 1 heterocycles. The first-order valence-electron chi connectivity index (χ1n) is 9.79. The Balaban J connectivity index is 1.78. The Morgan fingerprint density at radius 1 is 1.10 bits per heavy atom. The number of allylic oxidation sites excluding steroid dienone is 3. The highest BCUT2D eigenvalue weighted by Gasteiger charge is 2.39. The van der Waals surface area contributed by atoms with E-state index in [1.54, 1.807) is 6.92 Å². The van der Waals surface area contributed by atoms with Gasteiger partial charge in [0.05, 0.1) is 11.5 Å². The summed E-state index contributed by atoms with van der Waals surface area (Å²) in [4.78, 5) is 25.0. The van der Waals surface area contributed by atoms with E-state index in [4.69, 9.17) is 4.74 Å². The van der Waals surface area contributed by atoms with Gasteiger partial charge in [0.2, 0.25) is 0 Å². The summed E-state index contributed by atoms with van der Waals surface area (Å²) in [6, 6.07) is 17.2. The predicted molar refractivity (Wildman–Crippen MR) is 109 cm³/mol. The summed E-state index contributed by atoms with van der Waals surface area (Å²) in [7, 11) is 0. The van der Waals surface area contributed by atoms with E-state index < -0.39 is 11.9 Å². The van der Waals surface area contributed by atoms with Crippen LogP contribution < -0.4 is 10.1 Å². The fourth-order valence-corrected chi connectivity index (χ4v) is 4.16. The largest absolute Gasteiger partial charge is 0.489 e. The molecule has 0 amide bonds. The molecule has 4 rings (SSSR count). The summed E-state index contributed by atoms with van der Waals surface area (Å²) in [5.41, 5.74) is 3.92. The average Bonchev–Trinajstić information content (AvgIpc) is 2.72. The van der Waals surface area contributed by atoms with Crippen LogP contribution in [-0.2, 0) is 16.2 Å². The van der Waals surface area contributed by atoms with Crippen molar-refractivity contribution in [3.05, 3.63) is 88.3 Å². The minimum Gasteiger partial charge on any atom is -0.489 e. The number of hydrogen-bond acceptors (Lipinski definition) is 4. The van der Waals surface area contributed by atoms with Crippen LogP contribution in [0.2, 0.25) is 0 Å². The molecular weight excluding hydrogens is 366 g/mol. The van der Waals surface area contributed by atoms with Gasteiger partial charge in [0.25, 0.3) is 0 Å². The van der Waals surface area contributed by atoms with Crippen molar-refractivity contribution in [3.8, 4) is 5.75 Å². The van der Waals surface area contributed by atoms with E-state index in [2.05, 4.69) is 5.32 Å². The summed E-state index contributed by atoms with van der Waals surface area (Å²) >= 11 is 0. The molecule has 0 bridgehead atoms. The minimum absolute atomic E-state index is 0.00728. The Morgan fingerprint density at radius 2 is 1.83 bits per heavy atom. The monoisotopic (exact) mass is 389 g/mol. The standard InChI is InChI=1S/C24H23NO4/c1-15-21(24(27)28)22(23-18(25-15)11-7-12-19(23)26)17-10-5-6-13-20(17)29-14-16-8-3-2-4-9-16/h2-6,8-10,13,22,25H,7,11-12,14H2,1H3,(H,27,28). The van der Waals surface area contributed by atoms with E-state index in [1.165, 1.54) is 0 Å². The molecule has 29 heavy (non-hydrogen) atoms. The van der Waals surface area contributed by atoms with Crippen molar-refractivity contribution in [3.63, 3.8) is 0 Å². The summed E-state index contributed by atoms with van der Waals surface area (Å²) < 4.78 is 6.08. The number of benzene rings is 2. The normalized spacial score (nSPS) is 18.9. The molecule has 0 fully saturated rings. The van der Waals surface area contributed by atoms with Gasteiger partial charge in [0.15, 0.2) is 5.78 Å². The highest BCUT2D eigenvalue weighted by atomic mass is 16.5. The maximum absolute atomic E-state index is 12.8. The minimum atomic E-state index is -1.03. The Kier molecular flexibility index (Phi) is 5.21. The molecule has 2 aromatic rings. The molecule has 2 aromatic carbocycles. The number of aliphatic carboxylic acids is 1. The van der Waals surface area contributed by atoms with Crippen molar-refractivity contribution in [1.29, 1.82) is 0 Å². The Labute approximate surface area is 169 Å². The summed E-state index contributed by atoms with van der Waals surface area (Å²) in [6.45, 7) is 2.13. The first kappa shape index (κ1) is 19.0. The van der Waals surface area contributed by atoms with Crippen LogP contribution in [0.3, 0.4) is 0 Å². The second kappa shape index (κ2) is 7.95. The average molecular weight is 389 g/mol. The second-order valence-corrected chi connectivity index (χ2v) is 7.38. The van der Waals surface area contributed by atoms with Gasteiger partial charge in [-0.3, -0.25) is 4.79 Å². The number of hydrogen-bond donors (Lipinski definition) is 2. The van der Waals surface area contributed by atoms with Crippen LogP contribution in [0.1, 0.15) is 43.2 Å². The molecule has 1 aliphatic carbocycles. The third-order valence-electron chi connectivity index (χ3n) is 5.47. The lowest BCUT2D eigenvalue weighted by Gasteiger charge is -2.34. The lowest BCUT2D eigenvalue weighted by atomic mass is 9.75. The van der Waals surface area contributed by atoms with Gasteiger partial charge < -0.3 is 15.2 Å². The molecule has 1 unspecified atom stereocenters. The van der Waals surface area contributed by atoms with Crippen molar-refractivity contribution < 1.29 is 19.4 Å². The fraction of sp³-hybridized carbons (Fsp3) is 0.250. The van der Waals surface area contributed by atoms with E-state index in [0.717, 1.165) is 24.1 Å². The molecule has 1 atom stereocenters. The number of dihydropyridines is 1. The highest BCUT2D eigenvalue weighted by Crippen LogP contribution is 2.44. The topological polar surface area (TPSA) is 75.6 Å². The van der Waals surface area contributed by atoms with Gasteiger partial charge in [-0.05, 0) is 31.4 Å². The Morgan fingerprint density at radius 3 is 2.59 bits per heavy atom. The number of carboxylic acids is 1. The summed E-state index contributed by atoms with van der Waals surface area (Å²) in [6.07, 6.45) is 1.96. The van der Waals surface area contributed by atoms with E-state index in [1.807, 2.05) is 54.6 Å². The summed E-state index contributed by atoms with van der Waals surface area (Å²) in [5.74, 6) is -1.06. The zero-order chi connectivity index (χ0) is 20.4. The predicted octanol–water partition coefficient (Wildman–Crippen LogP) is 4.32. The van der Waals surface area contributed by atoms with Gasteiger partial charge in [0.1, 0.15) is 12.4 Å². The Bertz CT molecular complexity index is 1020. The van der Waals surface area contributed by atoms with Gasteiger partial charge in [-0.15, -0.1) is 0 Å². The van der Waals surface area contributed by atoms with Crippen LogP contribution in [0.4, 0.5) is 0 Å². The number of nitrogens with one attached hydrogen (secondary N) is 1. The van der Waals surface area contributed by atoms with Crippen molar-refractivity contribution in [2.24, 2.45) is 0 Å². The molecular formula is C24H23NO4. The molecule has 5 heteroatoms. The number of carbonyl (C=O) groups excluding carboxylic acids is 1. The maximum Gasteiger partial charge on any atom is 0.334 e. The molecule has 0 radical (unpaired) electrons. The van der Waals surface area contributed by atoms with Crippen LogP contribution in [-0.4, -0.2) is 16.9 Å². The van der Waals surface area contributed by atoms with Gasteiger partial charge in [-0.25, -0.2) is 4.79 Å². The van der Waals surface area contributed by atoms with Crippen molar-refractivity contribution >= 4 is 11.8 Å². The van der Waals surface area contributed by atoms with Crippen LogP contribution in [0.5, 0.6) is 5.75 Å². The smallest absolute Gasteiger partial charge is 0.334 e. The molecule has 0 saturated carbocycles. The lowest BCUT2D eigenvalue weighted by Crippen LogP contribution is -2.34. The number of carboxylic acid groups (broad SMARTS) is 1. The molecule has 2 N–H and O–H groups in total. The van der Waals surface area contributed by atoms with Crippen molar-refractivity contribution in [1.82, 2.24) is 5.32 Å². The molecule has 0 aromatic heterocycles.